The van der Waals surface area contributed by atoms with Crippen molar-refractivity contribution in [2.24, 2.45) is 0 Å². The summed E-state index contributed by atoms with van der Waals surface area (Å²) in [6.45, 7) is 0. The number of methoxy groups -OCH3 is 2. The number of aromatic nitrogens is 1. The van der Waals surface area contributed by atoms with E-state index in [-0.39, 0.29) is 0 Å². The number of hydrogen-bond donors (Lipinski definition) is 0. The van der Waals surface area contributed by atoms with Crippen LogP contribution in [0.5, 0.6) is 0 Å². The first-order chi connectivity index (χ1) is 9.19. The number of ether oxygens (including phenoxy) is 2. The van der Waals surface area contributed by atoms with E-state index in [9.17, 15) is 9.59 Å². The molecule has 0 bridgehead atoms. The molecule has 0 N–H and O–H groups in total. The lowest BCUT2D eigenvalue weighted by atomic mass is 10.1. The standard InChI is InChI=1S/C14H13NO4/c1-18-13(16)11-9-5-3-4-8-6-7-10(15(8)9)12(11)14(17)19-2/h3-5H,6-7H2,1-2H3. The fraction of sp³-hybridized carbons (Fsp3) is 0.286. The minimum atomic E-state index is -0.511. The molecule has 0 spiro atoms. The van der Waals surface area contributed by atoms with Gasteiger partial charge in [0.2, 0.25) is 0 Å². The van der Waals surface area contributed by atoms with Crippen molar-refractivity contribution in [1.29, 1.82) is 0 Å². The maximum atomic E-state index is 12.0. The van der Waals surface area contributed by atoms with Crippen molar-refractivity contribution < 1.29 is 19.1 Å². The predicted octanol–water partition coefficient (Wildman–Crippen LogP) is 1.61. The van der Waals surface area contributed by atoms with Crippen molar-refractivity contribution in [2.75, 3.05) is 14.2 Å². The fourth-order valence-corrected chi connectivity index (χ4v) is 2.76. The molecular weight excluding hydrogens is 246 g/mol. The van der Waals surface area contributed by atoms with Crippen LogP contribution in [0.15, 0.2) is 18.2 Å². The normalized spacial score (nSPS) is 12.7. The summed E-state index contributed by atoms with van der Waals surface area (Å²) in [4.78, 5) is 24.0. The Labute approximate surface area is 109 Å². The molecule has 0 atom stereocenters. The second-order valence-corrected chi connectivity index (χ2v) is 4.42. The summed E-state index contributed by atoms with van der Waals surface area (Å²) in [5, 5.41) is 0. The van der Waals surface area contributed by atoms with Crippen LogP contribution in [-0.2, 0) is 22.3 Å². The first-order valence-electron chi connectivity index (χ1n) is 6.00. The van der Waals surface area contributed by atoms with Gasteiger partial charge < -0.3 is 13.9 Å². The monoisotopic (exact) mass is 259 g/mol. The van der Waals surface area contributed by atoms with Crippen LogP contribution in [-0.4, -0.2) is 30.6 Å². The van der Waals surface area contributed by atoms with Gasteiger partial charge in [-0.05, 0) is 25.0 Å². The Hall–Kier alpha value is -2.30. The van der Waals surface area contributed by atoms with Gasteiger partial charge in [0, 0.05) is 11.4 Å². The molecule has 0 unspecified atom stereocenters. The maximum absolute atomic E-state index is 12.0. The van der Waals surface area contributed by atoms with Crippen LogP contribution in [0.1, 0.15) is 32.1 Å². The van der Waals surface area contributed by atoms with Gasteiger partial charge in [0.05, 0.1) is 30.9 Å². The first kappa shape index (κ1) is 11.8. The molecular formula is C14H13NO4. The zero-order valence-corrected chi connectivity index (χ0v) is 10.7. The number of carbonyl (C=O) groups is 2. The third-order valence-electron chi connectivity index (χ3n) is 3.53. The van der Waals surface area contributed by atoms with Crippen molar-refractivity contribution in [3.63, 3.8) is 0 Å². The zero-order valence-electron chi connectivity index (χ0n) is 10.7. The minimum absolute atomic E-state index is 0.297. The molecule has 0 saturated carbocycles. The quantitative estimate of drug-likeness (QED) is 0.769. The van der Waals surface area contributed by atoms with Gasteiger partial charge in [-0.3, -0.25) is 0 Å². The van der Waals surface area contributed by atoms with Gasteiger partial charge in [-0.1, -0.05) is 6.07 Å². The van der Waals surface area contributed by atoms with Crippen LogP contribution in [0.4, 0.5) is 0 Å². The predicted molar refractivity (Wildman–Crippen MR) is 67.5 cm³/mol. The van der Waals surface area contributed by atoms with E-state index in [1.54, 1.807) is 0 Å². The van der Waals surface area contributed by atoms with Crippen molar-refractivity contribution >= 4 is 17.5 Å². The van der Waals surface area contributed by atoms with Gasteiger partial charge in [0.15, 0.2) is 0 Å². The molecule has 19 heavy (non-hydrogen) atoms. The second-order valence-electron chi connectivity index (χ2n) is 4.42. The Kier molecular flexibility index (Phi) is 2.55. The van der Waals surface area contributed by atoms with Gasteiger partial charge >= 0.3 is 11.9 Å². The average Bonchev–Trinajstić information content (AvgIpc) is 3.00. The lowest BCUT2D eigenvalue weighted by Gasteiger charge is -2.04. The van der Waals surface area contributed by atoms with Crippen molar-refractivity contribution in [3.8, 4) is 0 Å². The number of esters is 2. The lowest BCUT2D eigenvalue weighted by Crippen LogP contribution is -2.11. The van der Waals surface area contributed by atoms with E-state index in [1.807, 2.05) is 22.6 Å². The molecule has 98 valence electrons. The van der Waals surface area contributed by atoms with E-state index in [2.05, 4.69) is 0 Å². The van der Waals surface area contributed by atoms with Crippen molar-refractivity contribution in [2.45, 2.75) is 12.8 Å². The summed E-state index contributed by atoms with van der Waals surface area (Å²) in [5.74, 6) is -1.00. The number of carbonyl (C=O) groups excluding carboxylic acids is 2. The van der Waals surface area contributed by atoms with Crippen molar-refractivity contribution in [3.05, 3.63) is 40.7 Å². The van der Waals surface area contributed by atoms with Crippen LogP contribution < -0.4 is 0 Å². The van der Waals surface area contributed by atoms with E-state index < -0.39 is 11.9 Å². The molecule has 0 fully saturated rings. The summed E-state index contributed by atoms with van der Waals surface area (Å²) in [7, 11) is 2.62. The Bertz CT molecular complexity index is 699. The number of aryl methyl sites for hydroxylation is 2. The Morgan fingerprint density at radius 2 is 1.74 bits per heavy atom. The van der Waals surface area contributed by atoms with Gasteiger partial charge in [-0.15, -0.1) is 0 Å². The second kappa shape index (κ2) is 4.12. The smallest absolute Gasteiger partial charge is 0.340 e. The largest absolute Gasteiger partial charge is 0.465 e. The van der Waals surface area contributed by atoms with Gasteiger partial charge in [-0.25, -0.2) is 9.59 Å². The van der Waals surface area contributed by atoms with E-state index in [0.717, 1.165) is 24.2 Å². The molecule has 1 aliphatic heterocycles. The molecule has 0 aliphatic carbocycles. The van der Waals surface area contributed by atoms with Crippen LogP contribution in [0.2, 0.25) is 0 Å². The van der Waals surface area contributed by atoms with Gasteiger partial charge in [-0.2, -0.15) is 0 Å². The third-order valence-corrected chi connectivity index (χ3v) is 3.53. The summed E-state index contributed by atoms with van der Waals surface area (Å²) >= 11 is 0. The number of nitrogens with zero attached hydrogens (tertiary/aromatic N) is 1. The summed E-state index contributed by atoms with van der Waals surface area (Å²) in [5.41, 5.74) is 3.26. The molecule has 1 aliphatic rings. The molecule has 5 heteroatoms. The fourth-order valence-electron chi connectivity index (χ4n) is 2.76. The molecule has 2 aromatic heterocycles. The highest BCUT2D eigenvalue weighted by atomic mass is 16.5. The van der Waals surface area contributed by atoms with E-state index in [0.29, 0.717) is 16.6 Å². The van der Waals surface area contributed by atoms with Crippen molar-refractivity contribution in [1.82, 2.24) is 4.40 Å². The summed E-state index contributed by atoms with van der Waals surface area (Å²) in [6.07, 6.45) is 1.58. The Morgan fingerprint density at radius 3 is 2.42 bits per heavy atom. The van der Waals surface area contributed by atoms with Crippen LogP contribution in [0.3, 0.4) is 0 Å². The van der Waals surface area contributed by atoms with Gasteiger partial charge in [0.1, 0.15) is 0 Å². The number of rotatable bonds is 2. The average molecular weight is 259 g/mol. The van der Waals surface area contributed by atoms with E-state index in [4.69, 9.17) is 9.47 Å². The highest BCUT2D eigenvalue weighted by molar-refractivity contribution is 6.09. The highest BCUT2D eigenvalue weighted by Crippen LogP contribution is 2.31. The van der Waals surface area contributed by atoms with Crippen LogP contribution in [0.25, 0.3) is 5.52 Å². The molecule has 3 heterocycles. The molecule has 0 saturated heterocycles. The van der Waals surface area contributed by atoms with Gasteiger partial charge in [0.25, 0.3) is 0 Å². The van der Waals surface area contributed by atoms with Crippen LogP contribution in [0, 0.1) is 0 Å². The molecule has 0 radical (unpaired) electrons. The van der Waals surface area contributed by atoms with E-state index in [1.165, 1.54) is 14.2 Å². The lowest BCUT2D eigenvalue weighted by molar-refractivity contribution is 0.0557. The zero-order chi connectivity index (χ0) is 13.6. The highest BCUT2D eigenvalue weighted by Gasteiger charge is 2.32. The molecule has 0 aromatic carbocycles. The van der Waals surface area contributed by atoms with E-state index >= 15 is 0 Å². The van der Waals surface area contributed by atoms with Crippen LogP contribution >= 0.6 is 0 Å². The molecule has 2 aromatic rings. The first-order valence-corrected chi connectivity index (χ1v) is 6.00. The molecule has 0 amide bonds. The SMILES string of the molecule is COC(=O)c1c(C(=O)OC)c2cccc3n2c1CC3. The Balaban J connectivity index is 2.42. The third kappa shape index (κ3) is 1.47. The molecule has 3 rings (SSSR count). The minimum Gasteiger partial charge on any atom is -0.465 e. The maximum Gasteiger partial charge on any atom is 0.340 e. The summed E-state index contributed by atoms with van der Waals surface area (Å²) < 4.78 is 11.6. The number of hydrogen-bond acceptors (Lipinski definition) is 4. The topological polar surface area (TPSA) is 57.0 Å². The number of pyridine rings is 1. The summed E-state index contributed by atoms with van der Waals surface area (Å²) in [6, 6.07) is 5.69. The Morgan fingerprint density at radius 1 is 1.05 bits per heavy atom. The molecule has 5 nitrogen and oxygen atoms in total.